The quantitative estimate of drug-likeness (QED) is 0.714. The molecule has 78 valence electrons. The van der Waals surface area contributed by atoms with Gasteiger partial charge in [-0.05, 0) is 24.1 Å². The van der Waals surface area contributed by atoms with Gasteiger partial charge in [0.05, 0.1) is 0 Å². The van der Waals surface area contributed by atoms with Gasteiger partial charge in [-0.2, -0.15) is 0 Å². The maximum atomic E-state index is 7.03. The highest BCUT2D eigenvalue weighted by molar-refractivity contribution is 5.84. The van der Waals surface area contributed by atoms with Crippen LogP contribution < -0.4 is 10.6 Å². The highest BCUT2D eigenvalue weighted by atomic mass is 15.1. The molecule has 3 N–H and O–H groups in total. The summed E-state index contributed by atoms with van der Waals surface area (Å²) in [5, 5.41) is 7.03. The van der Waals surface area contributed by atoms with E-state index in [2.05, 4.69) is 18.0 Å². The molecule has 0 aliphatic carbocycles. The van der Waals surface area contributed by atoms with Gasteiger partial charge in [-0.25, -0.2) is 0 Å². The minimum Gasteiger partial charge on any atom is -0.398 e. The van der Waals surface area contributed by atoms with Crippen LogP contribution in [0.5, 0.6) is 0 Å². The molecule has 1 aliphatic heterocycles. The number of benzene rings is 1. The fraction of sp³-hybridized carbons (Fsp3) is 0.250. The molecule has 0 aromatic heterocycles. The highest BCUT2D eigenvalue weighted by Gasteiger charge is 2.18. The lowest BCUT2D eigenvalue weighted by atomic mass is 10.0. The van der Waals surface area contributed by atoms with Gasteiger partial charge in [0.1, 0.15) is 0 Å². The Morgan fingerprint density at radius 3 is 3.07 bits per heavy atom. The molecular weight excluding hydrogens is 186 g/mol. The standard InChI is InChI=1S/C12H15N3/c1-15-8-6-10-9(11(14)5-7-13)3-2-4-12(10)15/h2-5,7,13H,6,8,14H2,1H3. The average molecular weight is 201 g/mol. The van der Waals surface area contributed by atoms with Crippen molar-refractivity contribution >= 4 is 17.6 Å². The number of nitrogens with zero attached hydrogens (tertiary/aromatic N) is 1. The molecule has 15 heavy (non-hydrogen) atoms. The molecule has 1 heterocycles. The summed E-state index contributed by atoms with van der Waals surface area (Å²) in [6, 6.07) is 6.15. The zero-order chi connectivity index (χ0) is 10.8. The zero-order valence-corrected chi connectivity index (χ0v) is 8.83. The lowest BCUT2D eigenvalue weighted by molar-refractivity contribution is 0.955. The summed E-state index contributed by atoms with van der Waals surface area (Å²) in [6.45, 7) is 1.05. The van der Waals surface area contributed by atoms with Crippen LogP contribution in [0.3, 0.4) is 0 Å². The first-order chi connectivity index (χ1) is 7.24. The molecule has 0 saturated heterocycles. The molecule has 3 heteroatoms. The maximum absolute atomic E-state index is 7.03. The Kier molecular flexibility index (Phi) is 2.46. The van der Waals surface area contributed by atoms with Crippen molar-refractivity contribution in [2.75, 3.05) is 18.5 Å². The monoisotopic (exact) mass is 201 g/mol. The minimum atomic E-state index is 0.678. The van der Waals surface area contributed by atoms with E-state index in [9.17, 15) is 0 Å². The van der Waals surface area contributed by atoms with Crippen LogP contribution in [-0.2, 0) is 6.42 Å². The van der Waals surface area contributed by atoms with Crippen LogP contribution in [0.15, 0.2) is 24.3 Å². The van der Waals surface area contributed by atoms with Crippen LogP contribution in [0, 0.1) is 5.41 Å². The van der Waals surface area contributed by atoms with Crippen LogP contribution in [0.2, 0.25) is 0 Å². The van der Waals surface area contributed by atoms with Gasteiger partial charge in [0.2, 0.25) is 0 Å². The number of hydrogen-bond acceptors (Lipinski definition) is 3. The van der Waals surface area contributed by atoms with E-state index in [1.54, 1.807) is 6.08 Å². The molecule has 1 aromatic rings. The van der Waals surface area contributed by atoms with E-state index in [0.717, 1.165) is 18.5 Å². The molecule has 2 rings (SSSR count). The molecule has 0 fully saturated rings. The van der Waals surface area contributed by atoms with Gasteiger partial charge in [0.25, 0.3) is 0 Å². The Morgan fingerprint density at radius 1 is 1.53 bits per heavy atom. The van der Waals surface area contributed by atoms with Crippen molar-refractivity contribution in [1.29, 1.82) is 5.41 Å². The molecule has 0 unspecified atom stereocenters. The summed E-state index contributed by atoms with van der Waals surface area (Å²) < 4.78 is 0. The smallest absolute Gasteiger partial charge is 0.0406 e. The third-order valence-electron chi connectivity index (χ3n) is 2.83. The van der Waals surface area contributed by atoms with E-state index < -0.39 is 0 Å². The van der Waals surface area contributed by atoms with E-state index >= 15 is 0 Å². The number of anilines is 1. The van der Waals surface area contributed by atoms with Crippen LogP contribution in [0.25, 0.3) is 5.70 Å². The van der Waals surface area contributed by atoms with Gasteiger partial charge < -0.3 is 16.0 Å². The van der Waals surface area contributed by atoms with Crippen molar-refractivity contribution in [2.24, 2.45) is 5.73 Å². The molecule has 1 aromatic carbocycles. The van der Waals surface area contributed by atoms with Crippen LogP contribution in [0.4, 0.5) is 5.69 Å². The second-order valence-electron chi connectivity index (χ2n) is 3.76. The lowest BCUT2D eigenvalue weighted by Crippen LogP contribution is -2.12. The number of likely N-dealkylation sites (N-methyl/N-ethyl adjacent to an activating group) is 1. The topological polar surface area (TPSA) is 53.1 Å². The predicted molar refractivity (Wildman–Crippen MR) is 64.4 cm³/mol. The first-order valence-electron chi connectivity index (χ1n) is 5.03. The van der Waals surface area contributed by atoms with Crippen molar-refractivity contribution in [3.8, 4) is 0 Å². The van der Waals surface area contributed by atoms with Crippen LogP contribution in [-0.4, -0.2) is 19.8 Å². The molecule has 0 atom stereocenters. The van der Waals surface area contributed by atoms with Gasteiger partial charge >= 0.3 is 0 Å². The second-order valence-corrected chi connectivity index (χ2v) is 3.76. The molecule has 0 spiro atoms. The summed E-state index contributed by atoms with van der Waals surface area (Å²) in [7, 11) is 2.09. The second kappa shape index (κ2) is 3.77. The maximum Gasteiger partial charge on any atom is 0.0406 e. The highest BCUT2D eigenvalue weighted by Crippen LogP contribution is 2.31. The number of nitrogens with one attached hydrogen (secondary N) is 1. The first-order valence-corrected chi connectivity index (χ1v) is 5.03. The Hall–Kier alpha value is -1.77. The Labute approximate surface area is 89.7 Å². The summed E-state index contributed by atoms with van der Waals surface area (Å²) in [5.74, 6) is 0. The fourth-order valence-electron chi connectivity index (χ4n) is 2.04. The summed E-state index contributed by atoms with van der Waals surface area (Å²) in [4.78, 5) is 2.23. The lowest BCUT2D eigenvalue weighted by Gasteiger charge is -2.13. The molecular formula is C12H15N3. The average Bonchev–Trinajstić information content (AvgIpc) is 2.61. The van der Waals surface area contributed by atoms with E-state index in [0.29, 0.717) is 5.70 Å². The molecule has 3 nitrogen and oxygen atoms in total. The van der Waals surface area contributed by atoms with Gasteiger partial charge in [-0.3, -0.25) is 0 Å². The van der Waals surface area contributed by atoms with E-state index in [-0.39, 0.29) is 0 Å². The number of allylic oxidation sites excluding steroid dienone is 1. The van der Waals surface area contributed by atoms with Gasteiger partial charge in [0, 0.05) is 36.8 Å². The molecule has 0 amide bonds. The molecule has 0 radical (unpaired) electrons. The van der Waals surface area contributed by atoms with Crippen molar-refractivity contribution < 1.29 is 0 Å². The largest absolute Gasteiger partial charge is 0.398 e. The van der Waals surface area contributed by atoms with E-state index in [4.69, 9.17) is 11.1 Å². The predicted octanol–water partition coefficient (Wildman–Crippen LogP) is 1.63. The minimum absolute atomic E-state index is 0.678. The third kappa shape index (κ3) is 1.61. The third-order valence-corrected chi connectivity index (χ3v) is 2.83. The molecule has 0 bridgehead atoms. The Balaban J connectivity index is 2.51. The van der Waals surface area contributed by atoms with Crippen molar-refractivity contribution in [3.05, 3.63) is 35.4 Å². The van der Waals surface area contributed by atoms with E-state index in [1.807, 2.05) is 12.1 Å². The van der Waals surface area contributed by atoms with Gasteiger partial charge in [0.15, 0.2) is 0 Å². The number of rotatable bonds is 2. The van der Waals surface area contributed by atoms with E-state index in [1.165, 1.54) is 17.5 Å². The first kappa shape index (κ1) is 9.77. The Morgan fingerprint density at radius 2 is 2.33 bits per heavy atom. The Bertz CT molecular complexity index is 421. The zero-order valence-electron chi connectivity index (χ0n) is 8.83. The molecule has 1 aliphatic rings. The summed E-state index contributed by atoms with van der Waals surface area (Å²) in [6.07, 6.45) is 3.90. The SMILES string of the molecule is CN1CCc2c(C(N)=CC=N)cccc21. The number of hydrogen-bond donors (Lipinski definition) is 2. The van der Waals surface area contributed by atoms with Gasteiger partial charge in [-0.15, -0.1) is 0 Å². The fourth-order valence-corrected chi connectivity index (χ4v) is 2.04. The summed E-state index contributed by atoms with van der Waals surface area (Å²) >= 11 is 0. The van der Waals surface area contributed by atoms with Crippen molar-refractivity contribution in [1.82, 2.24) is 0 Å². The van der Waals surface area contributed by atoms with Crippen LogP contribution in [0.1, 0.15) is 11.1 Å². The number of fused-ring (bicyclic) bond motifs is 1. The van der Waals surface area contributed by atoms with Crippen molar-refractivity contribution in [2.45, 2.75) is 6.42 Å². The molecule has 0 saturated carbocycles. The summed E-state index contributed by atoms with van der Waals surface area (Å²) in [5.41, 5.74) is 10.2. The van der Waals surface area contributed by atoms with Gasteiger partial charge in [-0.1, -0.05) is 12.1 Å². The van der Waals surface area contributed by atoms with Crippen LogP contribution >= 0.6 is 0 Å². The number of nitrogens with two attached hydrogens (primary N) is 1. The normalized spacial score (nSPS) is 15.3. The van der Waals surface area contributed by atoms with Crippen molar-refractivity contribution in [3.63, 3.8) is 0 Å².